The van der Waals surface area contributed by atoms with Crippen LogP contribution in [-0.4, -0.2) is 5.79 Å². The Labute approximate surface area is 287 Å². The van der Waals surface area contributed by atoms with Gasteiger partial charge in [-0.2, -0.15) is 0 Å². The first-order valence-corrected chi connectivity index (χ1v) is 17.2. The molecule has 4 aromatic rings. The molecule has 0 saturated heterocycles. The van der Waals surface area contributed by atoms with E-state index in [1.54, 1.807) is 0 Å². The highest BCUT2D eigenvalue weighted by atomic mass is 16.7. The van der Waals surface area contributed by atoms with Gasteiger partial charge in [0.2, 0.25) is 0 Å². The second kappa shape index (κ2) is 10.4. The van der Waals surface area contributed by atoms with Crippen molar-refractivity contribution < 1.29 is 28.4 Å². The van der Waals surface area contributed by atoms with Gasteiger partial charge in [-0.05, 0) is 88.8 Å². The number of ether oxygens (including phenoxy) is 6. The van der Waals surface area contributed by atoms with E-state index in [4.69, 9.17) is 28.4 Å². The molecular weight excluding hydrogens is 612 g/mol. The fourth-order valence-corrected chi connectivity index (χ4v) is 8.57. The highest BCUT2D eigenvalue weighted by Gasteiger charge is 2.60. The van der Waals surface area contributed by atoms with Crippen LogP contribution in [0.15, 0.2) is 132 Å². The van der Waals surface area contributed by atoms with Gasteiger partial charge in [0, 0.05) is 22.3 Å². The lowest BCUT2D eigenvalue weighted by Crippen LogP contribution is -2.39. The van der Waals surface area contributed by atoms with E-state index in [0.717, 1.165) is 91.9 Å². The van der Waals surface area contributed by atoms with Gasteiger partial charge < -0.3 is 28.4 Å². The maximum Gasteiger partial charge on any atom is 0.306 e. The minimum atomic E-state index is -1.08. The normalized spacial score (nSPS) is 23.6. The van der Waals surface area contributed by atoms with Gasteiger partial charge >= 0.3 is 11.6 Å². The predicted octanol–water partition coefficient (Wildman–Crippen LogP) is 10.3. The summed E-state index contributed by atoms with van der Waals surface area (Å²) in [6, 6.07) is 33.8. The van der Waals surface area contributed by atoms with E-state index in [9.17, 15) is 0 Å². The lowest BCUT2D eigenvalue weighted by atomic mass is 9.83. The molecule has 248 valence electrons. The molecule has 0 aromatic heterocycles. The van der Waals surface area contributed by atoms with Crippen molar-refractivity contribution in [3.8, 4) is 11.1 Å². The number of allylic oxidation sites excluding steroid dienone is 6. The number of fused-ring (bicyclic) bond motifs is 5. The monoisotopic (exact) mass is 652 g/mol. The van der Waals surface area contributed by atoms with E-state index in [1.165, 1.54) is 0 Å². The van der Waals surface area contributed by atoms with Crippen LogP contribution in [0.3, 0.4) is 0 Å². The summed E-state index contributed by atoms with van der Waals surface area (Å²) < 4.78 is 40.2. The van der Waals surface area contributed by atoms with Crippen molar-refractivity contribution in [3.05, 3.63) is 165 Å². The highest BCUT2D eigenvalue weighted by molar-refractivity contribution is 5.80. The third kappa shape index (κ3) is 4.12. The first kappa shape index (κ1) is 30.0. The highest BCUT2D eigenvalue weighted by Crippen LogP contribution is 2.61. The largest absolute Gasteiger partial charge is 0.452 e. The average Bonchev–Trinajstić information content (AvgIpc) is 3.87. The van der Waals surface area contributed by atoms with Gasteiger partial charge in [-0.25, -0.2) is 0 Å². The summed E-state index contributed by atoms with van der Waals surface area (Å²) in [5, 5.41) is 0. The van der Waals surface area contributed by atoms with E-state index < -0.39 is 17.4 Å². The van der Waals surface area contributed by atoms with Crippen LogP contribution in [0, 0.1) is 0 Å². The summed E-state index contributed by atoms with van der Waals surface area (Å²) in [4.78, 5) is 0. The zero-order valence-corrected chi connectivity index (χ0v) is 28.8. The molecule has 1 fully saturated rings. The van der Waals surface area contributed by atoms with Crippen LogP contribution in [0.5, 0.6) is 0 Å². The predicted molar refractivity (Wildman–Crippen MR) is 185 cm³/mol. The van der Waals surface area contributed by atoms with Crippen LogP contribution in [-0.2, 0) is 40.0 Å². The van der Waals surface area contributed by atoms with Crippen molar-refractivity contribution in [2.45, 2.75) is 83.6 Å². The molecule has 6 heteroatoms. The maximum atomic E-state index is 6.91. The van der Waals surface area contributed by atoms with Gasteiger partial charge in [0.15, 0.2) is 0 Å². The molecule has 0 radical (unpaired) electrons. The van der Waals surface area contributed by atoms with Crippen LogP contribution >= 0.6 is 0 Å². The number of hydrogen-bond acceptors (Lipinski definition) is 6. The van der Waals surface area contributed by atoms with Gasteiger partial charge in [0.25, 0.3) is 5.79 Å². The molecule has 6 nitrogen and oxygen atoms in total. The Morgan fingerprint density at radius 2 is 0.939 bits per heavy atom. The molecule has 2 aliphatic carbocycles. The molecule has 3 aliphatic heterocycles. The zero-order valence-electron chi connectivity index (χ0n) is 28.8. The molecule has 0 amide bonds. The molecule has 9 rings (SSSR count). The molecule has 49 heavy (non-hydrogen) atoms. The summed E-state index contributed by atoms with van der Waals surface area (Å²) in [7, 11) is 0. The van der Waals surface area contributed by atoms with Crippen molar-refractivity contribution in [2.75, 3.05) is 0 Å². The maximum absolute atomic E-state index is 6.91. The Bertz CT molecular complexity index is 2080. The second-order valence-electron chi connectivity index (χ2n) is 13.9. The molecule has 0 bridgehead atoms. The molecule has 1 saturated carbocycles. The Balaban J connectivity index is 1.14. The smallest absolute Gasteiger partial charge is 0.306 e. The number of hydrogen-bond donors (Lipinski definition) is 0. The first-order chi connectivity index (χ1) is 23.6. The number of benzene rings is 4. The Hall–Kier alpha value is -5.10. The van der Waals surface area contributed by atoms with Gasteiger partial charge in [-0.3, -0.25) is 0 Å². The summed E-state index contributed by atoms with van der Waals surface area (Å²) >= 11 is 0. The Morgan fingerprint density at radius 3 is 1.59 bits per heavy atom. The van der Waals surface area contributed by atoms with Crippen LogP contribution in [0.4, 0.5) is 0 Å². The number of rotatable bonds is 4. The molecule has 0 N–H and O–H groups in total. The fraction of sp³-hybridized carbons (Fsp3) is 0.302. The SMILES string of the molecule is CC1=C(C)OC(c2ccccc2)(c2cccc(C3CCC(c4ccc5c(c4)C4(OC(C)=C(C)O4)c4ccccc4-5)C34OC(C)=C(C)O4)c2)O1. The Kier molecular flexibility index (Phi) is 6.40. The van der Waals surface area contributed by atoms with E-state index in [-0.39, 0.29) is 11.8 Å². The summed E-state index contributed by atoms with van der Waals surface area (Å²) in [5.41, 5.74) is 8.42. The van der Waals surface area contributed by atoms with Gasteiger partial charge in [-0.15, -0.1) is 0 Å². The van der Waals surface area contributed by atoms with Gasteiger partial charge in [0.05, 0.1) is 11.8 Å². The third-order valence-electron chi connectivity index (χ3n) is 11.2. The summed E-state index contributed by atoms with van der Waals surface area (Å²) in [6.45, 7) is 11.9. The third-order valence-corrected chi connectivity index (χ3v) is 11.2. The molecule has 2 unspecified atom stereocenters. The van der Waals surface area contributed by atoms with Crippen molar-refractivity contribution >= 4 is 0 Å². The lowest BCUT2D eigenvalue weighted by Gasteiger charge is -2.37. The standard InChI is InChI=1S/C43H40O6/c1-25-26(2)45-41(44-25,33-14-8-7-9-15-33)34-16-12-13-31(23-34)37-21-22-38(42(37)46-27(3)28(4)47-42)32-19-20-36-35-17-10-11-18-39(35)43(40(36)24-32)48-29(5)30(6)49-43/h7-20,23-24,37-38H,21-22H2,1-6H3. The quantitative estimate of drug-likeness (QED) is 0.219. The fourth-order valence-electron chi connectivity index (χ4n) is 8.57. The van der Waals surface area contributed by atoms with Crippen LogP contribution in [0.25, 0.3) is 11.1 Å². The van der Waals surface area contributed by atoms with Crippen molar-refractivity contribution in [1.82, 2.24) is 0 Å². The average molecular weight is 653 g/mol. The van der Waals surface area contributed by atoms with Crippen LogP contribution < -0.4 is 0 Å². The van der Waals surface area contributed by atoms with Gasteiger partial charge in [0.1, 0.15) is 34.6 Å². The van der Waals surface area contributed by atoms with Crippen molar-refractivity contribution in [3.63, 3.8) is 0 Å². The first-order valence-electron chi connectivity index (χ1n) is 17.2. The summed E-state index contributed by atoms with van der Waals surface area (Å²) in [5.74, 6) is 1.66. The molecule has 2 atom stereocenters. The van der Waals surface area contributed by atoms with E-state index in [2.05, 4.69) is 72.8 Å². The van der Waals surface area contributed by atoms with Crippen LogP contribution in [0.1, 0.15) is 99.6 Å². The molecule has 4 aromatic carbocycles. The van der Waals surface area contributed by atoms with Gasteiger partial charge in [-0.1, -0.05) is 84.9 Å². The van der Waals surface area contributed by atoms with E-state index in [0.29, 0.717) is 0 Å². The zero-order chi connectivity index (χ0) is 33.7. The van der Waals surface area contributed by atoms with Crippen LogP contribution in [0.2, 0.25) is 0 Å². The topological polar surface area (TPSA) is 55.4 Å². The lowest BCUT2D eigenvalue weighted by molar-refractivity contribution is -0.171. The van der Waals surface area contributed by atoms with Crippen molar-refractivity contribution in [1.29, 1.82) is 0 Å². The molecule has 3 heterocycles. The molecule has 2 spiro atoms. The minimum absolute atomic E-state index is 0.0515. The van der Waals surface area contributed by atoms with Crippen molar-refractivity contribution in [2.24, 2.45) is 0 Å². The Morgan fingerprint density at radius 1 is 0.429 bits per heavy atom. The van der Waals surface area contributed by atoms with E-state index >= 15 is 0 Å². The second-order valence-corrected chi connectivity index (χ2v) is 13.9. The minimum Gasteiger partial charge on any atom is -0.452 e. The molecule has 5 aliphatic rings. The van der Waals surface area contributed by atoms with E-state index in [1.807, 2.05) is 65.8 Å². The summed E-state index contributed by atoms with van der Waals surface area (Å²) in [6.07, 6.45) is 1.75. The molecular formula is C43H40O6.